The van der Waals surface area contributed by atoms with Crippen LogP contribution in [0.5, 0.6) is 5.88 Å². The molecule has 0 amide bonds. The van der Waals surface area contributed by atoms with E-state index in [4.69, 9.17) is 10.5 Å². The molecule has 0 aromatic carbocycles. The van der Waals surface area contributed by atoms with Gasteiger partial charge in [0.2, 0.25) is 5.88 Å². The molecule has 6 nitrogen and oxygen atoms in total. The number of hydrogen-bond donors (Lipinski definition) is 1. The third-order valence-corrected chi connectivity index (χ3v) is 5.79. The molecule has 1 fully saturated rings. The second kappa shape index (κ2) is 9.26. The van der Waals surface area contributed by atoms with Gasteiger partial charge in [0.05, 0.1) is 23.0 Å². The zero-order valence-corrected chi connectivity index (χ0v) is 16.1. The molecule has 1 aliphatic heterocycles. The molecular weight excluding hydrogens is 417 g/mol. The lowest BCUT2D eigenvalue weighted by Crippen LogP contribution is -2.41. The highest BCUT2D eigenvalue weighted by molar-refractivity contribution is 7.09. The number of aromatic nitrogens is 3. The van der Waals surface area contributed by atoms with Gasteiger partial charge in [-0.25, -0.2) is 23.7 Å². The Hall–Kier alpha value is -1.92. The largest absolute Gasteiger partial charge is 0.477 e. The average molecular weight is 437 g/mol. The van der Waals surface area contributed by atoms with Crippen LogP contribution in [-0.4, -0.2) is 46.1 Å². The zero-order chi connectivity index (χ0) is 21.0. The highest BCUT2D eigenvalue weighted by Gasteiger charge is 2.33. The van der Waals surface area contributed by atoms with E-state index in [0.29, 0.717) is 30.8 Å². The first-order valence-electron chi connectivity index (χ1n) is 8.97. The Balaban J connectivity index is 1.54. The molecule has 29 heavy (non-hydrogen) atoms. The topological polar surface area (TPSA) is 77.2 Å². The standard InChI is InChI=1S/C17H20F5N5OS/c18-16(19)14-15(29-9-26-14)11(6-23)27-3-1-10(2-4-27)7-28-13-5-12(17(20,21)22)24-8-25-13/h5,8-11,16H,1-4,6-7,23H2. The molecule has 2 aromatic rings. The van der Waals surface area contributed by atoms with E-state index >= 15 is 0 Å². The summed E-state index contributed by atoms with van der Waals surface area (Å²) in [7, 11) is 0. The van der Waals surface area contributed by atoms with Crippen molar-refractivity contribution in [3.8, 4) is 5.88 Å². The van der Waals surface area contributed by atoms with Crippen LogP contribution in [0.25, 0.3) is 0 Å². The summed E-state index contributed by atoms with van der Waals surface area (Å²) in [6, 6.07) is 0.444. The molecule has 0 saturated carbocycles. The third kappa shape index (κ3) is 5.37. The molecule has 160 valence electrons. The van der Waals surface area contributed by atoms with Gasteiger partial charge in [-0.2, -0.15) is 13.2 Å². The Morgan fingerprint density at radius 3 is 2.55 bits per heavy atom. The van der Waals surface area contributed by atoms with Crippen molar-refractivity contribution >= 4 is 11.3 Å². The normalized spacial score (nSPS) is 17.6. The minimum Gasteiger partial charge on any atom is -0.477 e. The number of alkyl halides is 5. The highest BCUT2D eigenvalue weighted by atomic mass is 32.1. The molecule has 3 heterocycles. The van der Waals surface area contributed by atoms with Gasteiger partial charge in [-0.15, -0.1) is 11.3 Å². The summed E-state index contributed by atoms with van der Waals surface area (Å²) in [5.41, 5.74) is 5.97. The van der Waals surface area contributed by atoms with Crippen molar-refractivity contribution in [2.45, 2.75) is 31.5 Å². The van der Waals surface area contributed by atoms with Crippen molar-refractivity contribution < 1.29 is 26.7 Å². The molecule has 1 saturated heterocycles. The molecule has 12 heteroatoms. The van der Waals surface area contributed by atoms with Crippen LogP contribution in [0.2, 0.25) is 0 Å². The zero-order valence-electron chi connectivity index (χ0n) is 15.3. The summed E-state index contributed by atoms with van der Waals surface area (Å²) in [6.07, 6.45) is -4.97. The Morgan fingerprint density at radius 1 is 1.21 bits per heavy atom. The minimum atomic E-state index is -4.56. The lowest BCUT2D eigenvalue weighted by atomic mass is 9.96. The first-order valence-corrected chi connectivity index (χ1v) is 9.85. The van der Waals surface area contributed by atoms with E-state index in [1.165, 1.54) is 16.8 Å². The van der Waals surface area contributed by atoms with Gasteiger partial charge >= 0.3 is 6.18 Å². The van der Waals surface area contributed by atoms with Gasteiger partial charge in [0.25, 0.3) is 6.43 Å². The number of likely N-dealkylation sites (tertiary alicyclic amines) is 1. The number of piperidine rings is 1. The Labute approximate surface area is 167 Å². The monoisotopic (exact) mass is 437 g/mol. The molecule has 0 radical (unpaired) electrons. The Kier molecular flexibility index (Phi) is 6.96. The summed E-state index contributed by atoms with van der Waals surface area (Å²) >= 11 is 1.17. The van der Waals surface area contributed by atoms with Crippen molar-refractivity contribution in [2.24, 2.45) is 11.7 Å². The number of rotatable bonds is 7. The fourth-order valence-corrected chi connectivity index (χ4v) is 4.25. The molecule has 0 spiro atoms. The van der Waals surface area contributed by atoms with E-state index < -0.39 is 18.3 Å². The van der Waals surface area contributed by atoms with Gasteiger partial charge in [0.1, 0.15) is 12.0 Å². The van der Waals surface area contributed by atoms with E-state index in [1.54, 1.807) is 0 Å². The van der Waals surface area contributed by atoms with Crippen LogP contribution in [-0.2, 0) is 6.18 Å². The van der Waals surface area contributed by atoms with Crippen LogP contribution in [0.1, 0.15) is 41.6 Å². The molecule has 3 rings (SSSR count). The fraction of sp³-hybridized carbons (Fsp3) is 0.588. The fourth-order valence-electron chi connectivity index (χ4n) is 3.31. The van der Waals surface area contributed by atoms with Crippen LogP contribution in [0, 0.1) is 5.92 Å². The smallest absolute Gasteiger partial charge is 0.433 e. The predicted octanol–water partition coefficient (Wildman–Crippen LogP) is 3.68. The van der Waals surface area contributed by atoms with Crippen molar-refractivity contribution in [1.82, 2.24) is 19.9 Å². The molecule has 1 unspecified atom stereocenters. The van der Waals surface area contributed by atoms with Crippen LogP contribution in [0.4, 0.5) is 22.0 Å². The number of ether oxygens (including phenoxy) is 1. The van der Waals surface area contributed by atoms with Gasteiger partial charge in [-0.1, -0.05) is 0 Å². The van der Waals surface area contributed by atoms with Crippen LogP contribution in [0.15, 0.2) is 17.9 Å². The molecule has 1 aliphatic rings. The Bertz CT molecular complexity index is 795. The van der Waals surface area contributed by atoms with Gasteiger partial charge < -0.3 is 10.5 Å². The van der Waals surface area contributed by atoms with Gasteiger partial charge in [0.15, 0.2) is 5.69 Å². The molecule has 1 atom stereocenters. The van der Waals surface area contributed by atoms with E-state index in [-0.39, 0.29) is 36.7 Å². The number of thiazole rings is 1. The molecule has 0 bridgehead atoms. The van der Waals surface area contributed by atoms with Crippen LogP contribution < -0.4 is 10.5 Å². The summed E-state index contributed by atoms with van der Waals surface area (Å²) in [5, 5.41) is 0. The highest BCUT2D eigenvalue weighted by Crippen LogP contribution is 2.35. The molecule has 0 aliphatic carbocycles. The number of nitrogens with two attached hydrogens (primary N) is 1. The van der Waals surface area contributed by atoms with Crippen molar-refractivity contribution in [3.63, 3.8) is 0 Å². The van der Waals surface area contributed by atoms with Gasteiger partial charge in [0, 0.05) is 12.6 Å². The second-order valence-electron chi connectivity index (χ2n) is 6.68. The van der Waals surface area contributed by atoms with Crippen LogP contribution >= 0.6 is 11.3 Å². The number of hydrogen-bond acceptors (Lipinski definition) is 7. The third-order valence-electron chi connectivity index (χ3n) is 4.85. The van der Waals surface area contributed by atoms with Crippen molar-refractivity contribution in [2.75, 3.05) is 26.2 Å². The maximum atomic E-state index is 13.1. The summed E-state index contributed by atoms with van der Waals surface area (Å²) in [4.78, 5) is 13.2. The van der Waals surface area contributed by atoms with Crippen molar-refractivity contribution in [3.05, 3.63) is 34.2 Å². The SMILES string of the molecule is NCC(c1scnc1C(F)F)N1CCC(COc2cc(C(F)(F)F)ncn2)CC1. The van der Waals surface area contributed by atoms with E-state index in [1.807, 2.05) is 4.90 Å². The minimum absolute atomic E-state index is 0.116. The maximum Gasteiger partial charge on any atom is 0.433 e. The molecule has 2 N–H and O–H groups in total. The summed E-state index contributed by atoms with van der Waals surface area (Å²) < 4.78 is 69.8. The van der Waals surface area contributed by atoms with E-state index in [2.05, 4.69) is 15.0 Å². The van der Waals surface area contributed by atoms with Crippen molar-refractivity contribution in [1.29, 1.82) is 0 Å². The van der Waals surface area contributed by atoms with Gasteiger partial charge in [-0.05, 0) is 31.8 Å². The number of nitrogens with zero attached hydrogens (tertiary/aromatic N) is 4. The average Bonchev–Trinajstić information content (AvgIpc) is 3.17. The number of halogens is 5. The molecular formula is C17H20F5N5OS. The molecule has 2 aromatic heterocycles. The van der Waals surface area contributed by atoms with Gasteiger partial charge in [-0.3, -0.25) is 4.90 Å². The van der Waals surface area contributed by atoms with Crippen LogP contribution in [0.3, 0.4) is 0 Å². The summed E-state index contributed by atoms with van der Waals surface area (Å²) in [5.74, 6) is -0.00849. The first-order chi connectivity index (χ1) is 13.8. The quantitative estimate of drug-likeness (QED) is 0.666. The lowest BCUT2D eigenvalue weighted by Gasteiger charge is -2.36. The summed E-state index contributed by atoms with van der Waals surface area (Å²) in [6.45, 7) is 1.66. The first kappa shape index (κ1) is 21.8. The second-order valence-corrected chi connectivity index (χ2v) is 7.57. The lowest BCUT2D eigenvalue weighted by molar-refractivity contribution is -0.141. The predicted molar refractivity (Wildman–Crippen MR) is 95.7 cm³/mol. The van der Waals surface area contributed by atoms with E-state index in [9.17, 15) is 22.0 Å². The maximum absolute atomic E-state index is 13.1. The Morgan fingerprint density at radius 2 is 1.93 bits per heavy atom. The van der Waals surface area contributed by atoms with E-state index in [0.717, 1.165) is 12.4 Å².